The van der Waals surface area contributed by atoms with E-state index in [0.29, 0.717) is 75.0 Å². The van der Waals surface area contributed by atoms with Crippen LogP contribution in [-0.2, 0) is 21.6 Å². The number of halogens is 2. The summed E-state index contributed by atoms with van der Waals surface area (Å²) in [5, 5.41) is 22.5. The van der Waals surface area contributed by atoms with Crippen LogP contribution in [0.3, 0.4) is 0 Å². The molecule has 2 saturated carbocycles. The summed E-state index contributed by atoms with van der Waals surface area (Å²) in [5.74, 6) is -2.53. The summed E-state index contributed by atoms with van der Waals surface area (Å²) in [6.07, 6.45) is 3.70. The zero-order valence-electron chi connectivity index (χ0n) is 25.6. The minimum absolute atomic E-state index is 0.0186. The van der Waals surface area contributed by atoms with Crippen LogP contribution in [-0.4, -0.2) is 51.9 Å². The topological polar surface area (TPSA) is 142 Å². The number of methoxy groups -OCH3 is 1. The molecule has 2 atom stereocenters. The normalized spacial score (nSPS) is 20.9. The number of benzene rings is 2. The lowest BCUT2D eigenvalue weighted by molar-refractivity contribution is -0.123. The van der Waals surface area contributed by atoms with Crippen molar-refractivity contribution in [3.05, 3.63) is 70.6 Å². The number of amides is 2. The Morgan fingerprint density at radius 2 is 2.06 bits per heavy atom. The predicted molar refractivity (Wildman–Crippen MR) is 171 cm³/mol. The van der Waals surface area contributed by atoms with Gasteiger partial charge in [-0.05, 0) is 49.9 Å². The number of fused-ring (bicyclic) bond motifs is 3. The maximum Gasteiger partial charge on any atom is 0.251 e. The number of pyridine rings is 1. The van der Waals surface area contributed by atoms with E-state index >= 15 is 0 Å². The monoisotopic (exact) mass is 659 g/mol. The number of nitrogens with one attached hydrogen (secondary N) is 1. The molecule has 0 saturated heterocycles. The zero-order valence-corrected chi connectivity index (χ0v) is 26.4. The predicted octanol–water partition coefficient (Wildman–Crippen LogP) is 5.04. The van der Waals surface area contributed by atoms with Crippen molar-refractivity contribution in [3.63, 3.8) is 0 Å². The van der Waals surface area contributed by atoms with Gasteiger partial charge in [-0.3, -0.25) is 9.59 Å². The molecule has 10 nitrogen and oxygen atoms in total. The summed E-state index contributed by atoms with van der Waals surface area (Å²) >= 11 is 1.22. The Kier molecular flexibility index (Phi) is 6.45. The number of ether oxygens (including phenoxy) is 2. The van der Waals surface area contributed by atoms with Crippen LogP contribution >= 0.6 is 11.3 Å². The van der Waals surface area contributed by atoms with Crippen LogP contribution in [0.2, 0.25) is 0 Å². The van der Waals surface area contributed by atoms with Gasteiger partial charge in [0.2, 0.25) is 11.7 Å². The second kappa shape index (κ2) is 10.2. The summed E-state index contributed by atoms with van der Waals surface area (Å²) < 4.78 is 42.7. The molecule has 3 aromatic heterocycles. The highest BCUT2D eigenvalue weighted by molar-refractivity contribution is 7.17. The highest BCUT2D eigenvalue weighted by atomic mass is 32.1. The Labute approximate surface area is 271 Å². The number of carbonyl (C=O) groups is 2. The van der Waals surface area contributed by atoms with Gasteiger partial charge in [0.1, 0.15) is 46.1 Å². The molecule has 8 rings (SSSR count). The third-order valence-corrected chi connectivity index (χ3v) is 10.8. The molecule has 2 aromatic carbocycles. The van der Waals surface area contributed by atoms with Crippen molar-refractivity contribution in [2.45, 2.75) is 49.4 Å². The van der Waals surface area contributed by atoms with Gasteiger partial charge < -0.3 is 25.6 Å². The number of aliphatic hydroxyl groups is 1. The van der Waals surface area contributed by atoms with E-state index < -0.39 is 28.6 Å². The molecule has 13 heteroatoms. The zero-order chi connectivity index (χ0) is 32.9. The fourth-order valence-electron chi connectivity index (χ4n) is 6.45. The molecule has 2 aliphatic carbocycles. The Bertz CT molecular complexity index is 2140. The molecule has 2 amide bonds. The van der Waals surface area contributed by atoms with E-state index in [9.17, 15) is 23.5 Å². The average Bonchev–Trinajstić information content (AvgIpc) is 3.92. The molecule has 5 aromatic rings. The Hall–Kier alpha value is -4.62. The van der Waals surface area contributed by atoms with Crippen LogP contribution in [0, 0.1) is 11.7 Å². The summed E-state index contributed by atoms with van der Waals surface area (Å²) in [6.45, 7) is 1.47. The van der Waals surface area contributed by atoms with Crippen LogP contribution in [0.15, 0.2) is 48.0 Å². The highest BCUT2D eigenvalue weighted by Gasteiger charge is 2.50. The van der Waals surface area contributed by atoms with Crippen molar-refractivity contribution in [1.82, 2.24) is 20.1 Å². The fraction of sp³-hybridized carbons (Fsp3) is 0.353. The Morgan fingerprint density at radius 1 is 1.28 bits per heavy atom. The van der Waals surface area contributed by atoms with E-state index in [1.807, 2.05) is 0 Å². The van der Waals surface area contributed by atoms with Gasteiger partial charge in [0.05, 0.1) is 24.0 Å². The van der Waals surface area contributed by atoms with Gasteiger partial charge in [-0.2, -0.15) is 5.10 Å². The third-order valence-electron chi connectivity index (χ3n) is 9.77. The van der Waals surface area contributed by atoms with E-state index in [2.05, 4.69) is 10.4 Å². The van der Waals surface area contributed by atoms with E-state index in [0.717, 1.165) is 0 Å². The maximum absolute atomic E-state index is 14.7. The molecular weight excluding hydrogens is 628 g/mol. The van der Waals surface area contributed by atoms with Crippen molar-refractivity contribution in [2.75, 3.05) is 20.3 Å². The van der Waals surface area contributed by atoms with Gasteiger partial charge in [-0.25, -0.2) is 18.4 Å². The molecule has 4 heterocycles. The van der Waals surface area contributed by atoms with Crippen LogP contribution in [0.5, 0.6) is 11.5 Å². The van der Waals surface area contributed by atoms with E-state index in [1.165, 1.54) is 35.3 Å². The minimum atomic E-state index is -1.62. The minimum Gasteiger partial charge on any atom is -0.494 e. The lowest BCUT2D eigenvalue weighted by Gasteiger charge is -2.30. The first-order valence-corrected chi connectivity index (χ1v) is 16.3. The first kappa shape index (κ1) is 29.8. The first-order valence-electron chi connectivity index (χ1n) is 15.4. The van der Waals surface area contributed by atoms with Crippen LogP contribution in [0.25, 0.3) is 32.2 Å². The van der Waals surface area contributed by atoms with Crippen LogP contribution < -0.4 is 20.5 Å². The van der Waals surface area contributed by atoms with Gasteiger partial charge >= 0.3 is 0 Å². The van der Waals surface area contributed by atoms with E-state index in [4.69, 9.17) is 20.2 Å². The molecule has 4 N–H and O–H groups in total. The summed E-state index contributed by atoms with van der Waals surface area (Å²) in [4.78, 5) is 31.2. The average molecular weight is 660 g/mol. The smallest absolute Gasteiger partial charge is 0.251 e. The molecule has 0 bridgehead atoms. The lowest BCUT2D eigenvalue weighted by Crippen LogP contribution is -2.44. The molecule has 0 unspecified atom stereocenters. The van der Waals surface area contributed by atoms with Gasteiger partial charge in [0, 0.05) is 51.9 Å². The number of hydrogen-bond donors (Lipinski definition) is 3. The number of nitrogens with zero attached hydrogens (tertiary/aromatic N) is 3. The van der Waals surface area contributed by atoms with Crippen molar-refractivity contribution in [3.8, 4) is 22.8 Å². The third kappa shape index (κ3) is 4.58. The van der Waals surface area contributed by atoms with Crippen molar-refractivity contribution in [2.24, 2.45) is 11.7 Å². The Balaban J connectivity index is 1.18. The van der Waals surface area contributed by atoms with E-state index in [-0.39, 0.29) is 36.1 Å². The highest BCUT2D eigenvalue weighted by Crippen LogP contribution is 2.51. The molecule has 242 valence electrons. The molecular formula is C34H31F2N5O5S. The number of rotatable bonds is 9. The second-order valence-electron chi connectivity index (χ2n) is 13.0. The first-order chi connectivity index (χ1) is 22.4. The SMILES string of the molecule is COc1cc(C(=O)NC[C@](O)(c2cc3c(c(-c4csc5c(F)cccc45)n2)OC[C@]3(C)C(N)=O)C2CC2)cc2cn(C3(F)CC3)nc12. The van der Waals surface area contributed by atoms with Crippen molar-refractivity contribution >= 4 is 44.1 Å². The standard InChI is InChI=1S/C34H31F2N5O5S/c1-32(31(37)43)16-46-28-22(32)12-25(39-27(28)21-14-47-29-20(21)4-3-5-23(29)35)34(44,19-6-7-19)15-38-30(42)17-10-18-13-41(33(36)8-9-33)40-26(18)24(11-17)45-2/h3-5,10-14,19,44H,6-9,15-16H2,1-2H3,(H2,37,43)(H,38,42)/t32-,34+/m0/s1. The van der Waals surface area contributed by atoms with Crippen molar-refractivity contribution < 1.29 is 33.0 Å². The number of alkyl halides is 1. The number of hydrogen-bond acceptors (Lipinski definition) is 8. The second-order valence-corrected chi connectivity index (χ2v) is 13.9. The number of aromatic nitrogens is 3. The quantitative estimate of drug-likeness (QED) is 0.201. The number of primary amides is 1. The van der Waals surface area contributed by atoms with Gasteiger partial charge in [-0.1, -0.05) is 12.1 Å². The van der Waals surface area contributed by atoms with Gasteiger partial charge in [-0.15, -0.1) is 11.3 Å². The van der Waals surface area contributed by atoms with Crippen LogP contribution in [0.4, 0.5) is 8.78 Å². The summed E-state index contributed by atoms with van der Waals surface area (Å²) in [7, 11) is 1.45. The lowest BCUT2D eigenvalue weighted by atomic mass is 9.81. The molecule has 0 spiro atoms. The Morgan fingerprint density at radius 3 is 2.77 bits per heavy atom. The largest absolute Gasteiger partial charge is 0.494 e. The maximum atomic E-state index is 14.7. The van der Waals surface area contributed by atoms with Gasteiger partial charge in [0.15, 0.2) is 0 Å². The molecule has 47 heavy (non-hydrogen) atoms. The van der Waals surface area contributed by atoms with Gasteiger partial charge in [0.25, 0.3) is 5.91 Å². The fourth-order valence-corrected chi connectivity index (χ4v) is 7.41. The molecule has 1 aliphatic heterocycles. The molecule has 0 radical (unpaired) electrons. The summed E-state index contributed by atoms with van der Waals surface area (Å²) in [5.41, 5.74) is 5.41. The molecule has 2 fully saturated rings. The number of carbonyl (C=O) groups excluding carboxylic acids is 2. The van der Waals surface area contributed by atoms with Crippen molar-refractivity contribution in [1.29, 1.82) is 0 Å². The number of thiophene rings is 1. The van der Waals surface area contributed by atoms with E-state index in [1.54, 1.807) is 42.8 Å². The van der Waals surface area contributed by atoms with Crippen LogP contribution in [0.1, 0.15) is 54.2 Å². The summed E-state index contributed by atoms with van der Waals surface area (Å²) in [6, 6.07) is 9.57. The molecule has 3 aliphatic rings. The number of nitrogens with two attached hydrogens (primary N) is 1.